The van der Waals surface area contributed by atoms with Gasteiger partial charge in [-0.3, -0.25) is 0 Å². The lowest BCUT2D eigenvalue weighted by molar-refractivity contribution is 0.0556. The number of rotatable bonds is 7. The van der Waals surface area contributed by atoms with Crippen molar-refractivity contribution in [2.24, 2.45) is 5.92 Å². The molecule has 0 aliphatic carbocycles. The zero-order valence-electron chi connectivity index (χ0n) is 11.2. The number of hydrogen-bond acceptors (Lipinski definition) is 3. The van der Waals surface area contributed by atoms with Crippen molar-refractivity contribution in [3.63, 3.8) is 0 Å². The van der Waals surface area contributed by atoms with Crippen molar-refractivity contribution in [1.29, 1.82) is 0 Å². The van der Waals surface area contributed by atoms with Gasteiger partial charge in [-0.25, -0.2) is 0 Å². The summed E-state index contributed by atoms with van der Waals surface area (Å²) in [4.78, 5) is 2.53. The van der Waals surface area contributed by atoms with Crippen LogP contribution in [0.15, 0.2) is 0 Å². The smallest absolute Gasteiger partial charge is 0.0596 e. The average molecular weight is 228 g/mol. The number of ether oxygens (including phenoxy) is 1. The van der Waals surface area contributed by atoms with Crippen LogP contribution in [0.2, 0.25) is 0 Å². The first kappa shape index (κ1) is 13.9. The molecule has 0 aromatic rings. The van der Waals surface area contributed by atoms with Crippen LogP contribution in [0.4, 0.5) is 0 Å². The highest BCUT2D eigenvalue weighted by Gasteiger charge is 2.15. The van der Waals surface area contributed by atoms with Crippen LogP contribution in [0.5, 0.6) is 0 Å². The fourth-order valence-corrected chi connectivity index (χ4v) is 2.23. The zero-order chi connectivity index (χ0) is 11.8. The van der Waals surface area contributed by atoms with Crippen LogP contribution in [0.1, 0.15) is 33.6 Å². The quantitative estimate of drug-likeness (QED) is 0.718. The second kappa shape index (κ2) is 8.04. The van der Waals surface area contributed by atoms with Crippen molar-refractivity contribution >= 4 is 0 Å². The van der Waals surface area contributed by atoms with Crippen molar-refractivity contribution < 1.29 is 4.74 Å². The van der Waals surface area contributed by atoms with Gasteiger partial charge in [0.1, 0.15) is 0 Å². The molecule has 0 aromatic heterocycles. The summed E-state index contributed by atoms with van der Waals surface area (Å²) in [5, 5.41) is 3.42. The molecule has 1 aliphatic rings. The van der Waals surface area contributed by atoms with Crippen molar-refractivity contribution in [2.75, 3.05) is 39.3 Å². The van der Waals surface area contributed by atoms with E-state index in [2.05, 4.69) is 31.0 Å². The van der Waals surface area contributed by atoms with E-state index in [0.717, 1.165) is 25.6 Å². The van der Waals surface area contributed by atoms with Gasteiger partial charge in [0.15, 0.2) is 0 Å². The molecule has 0 radical (unpaired) electrons. The standard InChI is InChI=1S/C13H28N2O/c1-4-15(9-10-16-12(2)3)11-13-5-7-14-8-6-13/h12-14H,4-11H2,1-3H3. The Morgan fingerprint density at radius 3 is 2.56 bits per heavy atom. The molecule has 3 nitrogen and oxygen atoms in total. The van der Waals surface area contributed by atoms with Crippen LogP contribution in [-0.4, -0.2) is 50.3 Å². The van der Waals surface area contributed by atoms with E-state index in [-0.39, 0.29) is 0 Å². The summed E-state index contributed by atoms with van der Waals surface area (Å²) in [5.41, 5.74) is 0. The van der Waals surface area contributed by atoms with E-state index >= 15 is 0 Å². The SMILES string of the molecule is CCN(CCOC(C)C)CC1CCNCC1. The molecule has 0 amide bonds. The maximum Gasteiger partial charge on any atom is 0.0596 e. The summed E-state index contributed by atoms with van der Waals surface area (Å²) >= 11 is 0. The molecular weight excluding hydrogens is 200 g/mol. The van der Waals surface area contributed by atoms with Gasteiger partial charge in [-0.05, 0) is 52.2 Å². The summed E-state index contributed by atoms with van der Waals surface area (Å²) in [5.74, 6) is 0.889. The highest BCUT2D eigenvalue weighted by atomic mass is 16.5. The first-order valence-corrected chi connectivity index (χ1v) is 6.77. The minimum absolute atomic E-state index is 0.359. The van der Waals surface area contributed by atoms with Crippen LogP contribution < -0.4 is 5.32 Å². The molecule has 1 fully saturated rings. The lowest BCUT2D eigenvalue weighted by atomic mass is 9.97. The van der Waals surface area contributed by atoms with Crippen LogP contribution >= 0.6 is 0 Å². The third kappa shape index (κ3) is 5.83. The van der Waals surface area contributed by atoms with Gasteiger partial charge >= 0.3 is 0 Å². The fraction of sp³-hybridized carbons (Fsp3) is 1.00. The Balaban J connectivity index is 2.14. The topological polar surface area (TPSA) is 24.5 Å². The van der Waals surface area contributed by atoms with Gasteiger partial charge in [-0.1, -0.05) is 6.92 Å². The maximum atomic E-state index is 5.61. The highest BCUT2D eigenvalue weighted by Crippen LogP contribution is 2.13. The first-order valence-electron chi connectivity index (χ1n) is 6.77. The molecule has 0 bridgehead atoms. The molecule has 3 heteroatoms. The van der Waals surface area contributed by atoms with Crippen molar-refractivity contribution in [1.82, 2.24) is 10.2 Å². The second-order valence-electron chi connectivity index (χ2n) is 5.01. The summed E-state index contributed by atoms with van der Waals surface area (Å²) in [7, 11) is 0. The van der Waals surface area contributed by atoms with Gasteiger partial charge in [0.05, 0.1) is 12.7 Å². The van der Waals surface area contributed by atoms with Gasteiger partial charge in [0, 0.05) is 13.1 Å². The summed E-state index contributed by atoms with van der Waals surface area (Å²) in [6, 6.07) is 0. The lowest BCUT2D eigenvalue weighted by Gasteiger charge is -2.29. The van der Waals surface area contributed by atoms with Crippen molar-refractivity contribution in [2.45, 2.75) is 39.7 Å². The number of nitrogens with zero attached hydrogens (tertiary/aromatic N) is 1. The van der Waals surface area contributed by atoms with E-state index in [1.165, 1.54) is 32.5 Å². The molecule has 0 atom stereocenters. The maximum absolute atomic E-state index is 5.61. The molecule has 1 saturated heterocycles. The summed E-state index contributed by atoms with van der Waals surface area (Å²) in [6.07, 6.45) is 3.03. The van der Waals surface area contributed by atoms with E-state index in [9.17, 15) is 0 Å². The number of nitrogens with one attached hydrogen (secondary N) is 1. The number of hydrogen-bond donors (Lipinski definition) is 1. The Morgan fingerprint density at radius 1 is 1.31 bits per heavy atom. The fourth-order valence-electron chi connectivity index (χ4n) is 2.23. The summed E-state index contributed by atoms with van der Waals surface area (Å²) < 4.78 is 5.61. The number of likely N-dealkylation sites (N-methyl/N-ethyl adjacent to an activating group) is 1. The van der Waals surface area contributed by atoms with Gasteiger partial charge in [-0.15, -0.1) is 0 Å². The van der Waals surface area contributed by atoms with Gasteiger partial charge in [-0.2, -0.15) is 0 Å². The Kier molecular flexibility index (Phi) is 7.01. The van der Waals surface area contributed by atoms with Crippen molar-refractivity contribution in [3.8, 4) is 0 Å². The van der Waals surface area contributed by atoms with E-state index in [0.29, 0.717) is 6.10 Å². The molecule has 0 aromatic carbocycles. The Labute approximate surface area is 101 Å². The van der Waals surface area contributed by atoms with E-state index in [4.69, 9.17) is 4.74 Å². The predicted octanol–water partition coefficient (Wildman–Crippen LogP) is 1.73. The molecule has 1 aliphatic heterocycles. The molecule has 0 saturated carbocycles. The van der Waals surface area contributed by atoms with Crippen LogP contribution in [-0.2, 0) is 4.74 Å². The Hall–Kier alpha value is -0.120. The highest BCUT2D eigenvalue weighted by molar-refractivity contribution is 4.72. The largest absolute Gasteiger partial charge is 0.377 e. The third-order valence-corrected chi connectivity index (χ3v) is 3.28. The second-order valence-corrected chi connectivity index (χ2v) is 5.01. The van der Waals surface area contributed by atoms with E-state index in [1.54, 1.807) is 0 Å². The zero-order valence-corrected chi connectivity index (χ0v) is 11.2. The molecular formula is C13H28N2O. The predicted molar refractivity (Wildman–Crippen MR) is 68.8 cm³/mol. The van der Waals surface area contributed by atoms with Crippen molar-refractivity contribution in [3.05, 3.63) is 0 Å². The van der Waals surface area contributed by atoms with E-state index in [1.807, 2.05) is 0 Å². The monoisotopic (exact) mass is 228 g/mol. The van der Waals surface area contributed by atoms with Gasteiger partial charge in [0.2, 0.25) is 0 Å². The lowest BCUT2D eigenvalue weighted by Crippen LogP contribution is -2.37. The Morgan fingerprint density at radius 2 is 2.00 bits per heavy atom. The molecule has 1 heterocycles. The molecule has 0 unspecified atom stereocenters. The van der Waals surface area contributed by atoms with E-state index < -0.39 is 0 Å². The molecule has 0 spiro atoms. The van der Waals surface area contributed by atoms with Gasteiger partial charge in [0.25, 0.3) is 0 Å². The number of piperidine rings is 1. The van der Waals surface area contributed by atoms with Crippen LogP contribution in [0.3, 0.4) is 0 Å². The molecule has 16 heavy (non-hydrogen) atoms. The summed E-state index contributed by atoms with van der Waals surface area (Å²) in [6.45, 7) is 13.2. The van der Waals surface area contributed by atoms with Crippen LogP contribution in [0.25, 0.3) is 0 Å². The third-order valence-electron chi connectivity index (χ3n) is 3.28. The first-order chi connectivity index (χ1) is 7.72. The molecule has 1 N–H and O–H groups in total. The normalized spacial score (nSPS) is 18.6. The van der Waals surface area contributed by atoms with Gasteiger partial charge < -0.3 is 15.0 Å². The molecule has 1 rings (SSSR count). The van der Waals surface area contributed by atoms with Crippen LogP contribution in [0, 0.1) is 5.92 Å². The Bertz CT molecular complexity index is 167. The minimum Gasteiger partial charge on any atom is -0.377 e. The molecule has 96 valence electrons. The average Bonchev–Trinajstić information content (AvgIpc) is 2.28. The minimum atomic E-state index is 0.359.